The number of carbonyl (C=O) groups excluding carboxylic acids is 1. The highest BCUT2D eigenvalue weighted by molar-refractivity contribution is 5.69. The largest absolute Gasteiger partial charge is 0.444 e. The summed E-state index contributed by atoms with van der Waals surface area (Å²) >= 11 is 0. The number of hydrogen-bond donors (Lipinski definition) is 0. The van der Waals surface area contributed by atoms with Gasteiger partial charge in [0.25, 0.3) is 0 Å². The summed E-state index contributed by atoms with van der Waals surface area (Å²) in [6.07, 6.45) is -0.861. The number of rotatable bonds is 1. The Bertz CT molecular complexity index is 614. The monoisotopic (exact) mass is 333 g/mol. The Kier molecular flexibility index (Phi) is 3.78. The summed E-state index contributed by atoms with van der Waals surface area (Å²) in [6.45, 7) is 6.53. The van der Waals surface area contributed by atoms with Gasteiger partial charge in [0, 0.05) is 5.56 Å². The molecule has 1 aromatic rings. The Balaban J connectivity index is 1.50. The van der Waals surface area contributed by atoms with Crippen molar-refractivity contribution in [2.45, 2.75) is 57.0 Å². The van der Waals surface area contributed by atoms with E-state index in [1.165, 1.54) is 0 Å². The fraction of sp³-hybridized carbons (Fsp3) is 0.611. The maximum atomic E-state index is 12.5. The van der Waals surface area contributed by atoms with Crippen LogP contribution in [0.2, 0.25) is 0 Å². The van der Waals surface area contributed by atoms with Crippen LogP contribution < -0.4 is 0 Å². The first-order valence-electron chi connectivity index (χ1n) is 8.39. The van der Waals surface area contributed by atoms with Gasteiger partial charge in [0.15, 0.2) is 6.29 Å². The van der Waals surface area contributed by atoms with Crippen molar-refractivity contribution in [3.05, 3.63) is 35.9 Å². The van der Waals surface area contributed by atoms with E-state index in [2.05, 4.69) is 0 Å². The number of piperidine rings is 1. The molecule has 4 unspecified atom stereocenters. The highest BCUT2D eigenvalue weighted by atomic mass is 16.7. The molecule has 0 aromatic heterocycles. The second-order valence-corrected chi connectivity index (χ2v) is 7.52. The van der Waals surface area contributed by atoms with Crippen LogP contribution in [-0.2, 0) is 18.9 Å². The molecule has 4 rings (SSSR count). The topological polar surface area (TPSA) is 60.5 Å². The third kappa shape index (κ3) is 3.01. The van der Waals surface area contributed by atoms with Crippen molar-refractivity contribution < 1.29 is 23.7 Å². The molecule has 0 radical (unpaired) electrons. The normalized spacial score (nSPS) is 35.0. The quantitative estimate of drug-likeness (QED) is 0.739. The zero-order valence-corrected chi connectivity index (χ0v) is 14.2. The smallest absolute Gasteiger partial charge is 0.410 e. The average Bonchev–Trinajstić information content (AvgIpc) is 3.32. The van der Waals surface area contributed by atoms with E-state index in [1.807, 2.05) is 51.1 Å². The molecule has 0 N–H and O–H groups in total. The van der Waals surface area contributed by atoms with Crippen LogP contribution >= 0.6 is 0 Å². The lowest BCUT2D eigenvalue weighted by atomic mass is 9.98. The molecule has 3 aliphatic rings. The summed E-state index contributed by atoms with van der Waals surface area (Å²) in [4.78, 5) is 14.2. The van der Waals surface area contributed by atoms with E-state index in [0.29, 0.717) is 13.2 Å². The SMILES string of the molecule is CC(C)(C)OC(=O)N1CC2OC2[C@@H]2OC(c3ccccc3)OCC21. The first-order valence-corrected chi connectivity index (χ1v) is 8.39. The van der Waals surface area contributed by atoms with Gasteiger partial charge < -0.3 is 18.9 Å². The number of benzene rings is 1. The van der Waals surface area contributed by atoms with Crippen molar-refractivity contribution in [2.24, 2.45) is 0 Å². The molecule has 130 valence electrons. The Morgan fingerprint density at radius 3 is 2.62 bits per heavy atom. The van der Waals surface area contributed by atoms with Crippen LogP contribution in [0.1, 0.15) is 32.6 Å². The molecule has 1 aromatic carbocycles. The molecule has 0 bridgehead atoms. The Morgan fingerprint density at radius 2 is 1.92 bits per heavy atom. The van der Waals surface area contributed by atoms with E-state index < -0.39 is 11.9 Å². The molecule has 3 saturated heterocycles. The van der Waals surface area contributed by atoms with E-state index in [-0.39, 0.29) is 30.4 Å². The van der Waals surface area contributed by atoms with Crippen LogP contribution in [-0.4, -0.2) is 54.1 Å². The highest BCUT2D eigenvalue weighted by Crippen LogP contribution is 2.42. The minimum atomic E-state index is -0.531. The molecular formula is C18H23NO5. The van der Waals surface area contributed by atoms with Crippen LogP contribution in [0.4, 0.5) is 4.79 Å². The molecule has 3 aliphatic heterocycles. The van der Waals surface area contributed by atoms with Gasteiger partial charge in [0.05, 0.1) is 19.2 Å². The maximum Gasteiger partial charge on any atom is 0.410 e. The minimum Gasteiger partial charge on any atom is -0.444 e. The second kappa shape index (κ2) is 5.72. The summed E-state index contributed by atoms with van der Waals surface area (Å²) in [5, 5.41) is 0. The first kappa shape index (κ1) is 15.9. The van der Waals surface area contributed by atoms with Crippen molar-refractivity contribution in [2.75, 3.05) is 13.2 Å². The van der Waals surface area contributed by atoms with E-state index >= 15 is 0 Å². The van der Waals surface area contributed by atoms with E-state index in [1.54, 1.807) is 4.90 Å². The molecule has 3 heterocycles. The average molecular weight is 333 g/mol. The molecule has 6 heteroatoms. The lowest BCUT2D eigenvalue weighted by Gasteiger charge is -2.44. The second-order valence-electron chi connectivity index (χ2n) is 7.52. The highest BCUT2D eigenvalue weighted by Gasteiger charge is 2.59. The number of epoxide rings is 1. The van der Waals surface area contributed by atoms with Gasteiger partial charge in [0.2, 0.25) is 0 Å². The predicted octanol–water partition coefficient (Wildman–Crippen LogP) is 2.49. The zero-order chi connectivity index (χ0) is 16.9. The number of ether oxygens (including phenoxy) is 4. The third-order valence-corrected chi connectivity index (χ3v) is 4.50. The minimum absolute atomic E-state index is 0.0355. The third-order valence-electron chi connectivity index (χ3n) is 4.50. The molecule has 6 nitrogen and oxygen atoms in total. The lowest BCUT2D eigenvalue weighted by molar-refractivity contribution is -0.248. The number of hydrogen-bond acceptors (Lipinski definition) is 5. The Labute approximate surface area is 141 Å². The van der Waals surface area contributed by atoms with Crippen LogP contribution in [0.15, 0.2) is 30.3 Å². The molecule has 24 heavy (non-hydrogen) atoms. The van der Waals surface area contributed by atoms with Crippen LogP contribution in [0.5, 0.6) is 0 Å². The molecule has 0 aliphatic carbocycles. The van der Waals surface area contributed by atoms with E-state index in [9.17, 15) is 4.79 Å². The van der Waals surface area contributed by atoms with Crippen LogP contribution in [0, 0.1) is 0 Å². The van der Waals surface area contributed by atoms with E-state index in [4.69, 9.17) is 18.9 Å². The number of amides is 1. The number of fused-ring (bicyclic) bond motifs is 3. The van der Waals surface area contributed by atoms with Gasteiger partial charge in [-0.2, -0.15) is 0 Å². The summed E-state index contributed by atoms with van der Waals surface area (Å²) < 4.78 is 23.3. The summed E-state index contributed by atoms with van der Waals surface area (Å²) in [5.41, 5.74) is 0.444. The molecular weight excluding hydrogens is 310 g/mol. The van der Waals surface area contributed by atoms with Crippen molar-refractivity contribution in [1.29, 1.82) is 0 Å². The maximum absolute atomic E-state index is 12.5. The van der Waals surface area contributed by atoms with Crippen molar-refractivity contribution in [1.82, 2.24) is 4.90 Å². The summed E-state index contributed by atoms with van der Waals surface area (Å²) in [7, 11) is 0. The fourth-order valence-electron chi connectivity index (χ4n) is 3.35. The van der Waals surface area contributed by atoms with Crippen LogP contribution in [0.25, 0.3) is 0 Å². The van der Waals surface area contributed by atoms with Gasteiger partial charge in [0.1, 0.15) is 23.9 Å². The number of nitrogens with zero attached hydrogens (tertiary/aromatic N) is 1. The number of likely N-dealkylation sites (tertiary alicyclic amines) is 1. The zero-order valence-electron chi connectivity index (χ0n) is 14.2. The first-order chi connectivity index (χ1) is 11.4. The Hall–Kier alpha value is -1.63. The van der Waals surface area contributed by atoms with Gasteiger partial charge in [-0.15, -0.1) is 0 Å². The molecule has 1 amide bonds. The molecule has 0 saturated carbocycles. The van der Waals surface area contributed by atoms with Crippen molar-refractivity contribution >= 4 is 6.09 Å². The lowest BCUT2D eigenvalue weighted by Crippen LogP contribution is -2.60. The Morgan fingerprint density at radius 1 is 1.17 bits per heavy atom. The fourth-order valence-corrected chi connectivity index (χ4v) is 3.35. The van der Waals surface area contributed by atoms with Gasteiger partial charge in [-0.05, 0) is 20.8 Å². The predicted molar refractivity (Wildman–Crippen MR) is 85.4 cm³/mol. The van der Waals surface area contributed by atoms with Gasteiger partial charge >= 0.3 is 6.09 Å². The standard InChI is InChI=1S/C18H23NO5/c1-18(2,3)24-17(20)19-9-13-15(22-13)14-12(19)10-21-16(23-14)11-7-5-4-6-8-11/h4-8,12-16H,9-10H2,1-3H3/t12?,13?,14-,15?,16?/m1/s1. The van der Waals surface area contributed by atoms with Crippen molar-refractivity contribution in [3.8, 4) is 0 Å². The van der Waals surface area contributed by atoms with E-state index in [0.717, 1.165) is 5.56 Å². The van der Waals surface area contributed by atoms with Crippen molar-refractivity contribution in [3.63, 3.8) is 0 Å². The number of carbonyl (C=O) groups is 1. The summed E-state index contributed by atoms with van der Waals surface area (Å²) in [6, 6.07) is 9.65. The van der Waals surface area contributed by atoms with Crippen LogP contribution in [0.3, 0.4) is 0 Å². The molecule has 3 fully saturated rings. The van der Waals surface area contributed by atoms with Gasteiger partial charge in [-0.25, -0.2) is 4.79 Å². The molecule has 0 spiro atoms. The summed E-state index contributed by atoms with van der Waals surface area (Å²) in [5.74, 6) is 0. The van der Waals surface area contributed by atoms with Gasteiger partial charge in [-0.1, -0.05) is 30.3 Å². The molecule has 5 atom stereocenters. The van der Waals surface area contributed by atoms with Gasteiger partial charge in [-0.3, -0.25) is 4.90 Å².